The Morgan fingerprint density at radius 2 is 2.07 bits per heavy atom. The van der Waals surface area contributed by atoms with Crippen LogP contribution in [0.3, 0.4) is 0 Å². The molecule has 0 aliphatic heterocycles. The van der Waals surface area contributed by atoms with Crippen LogP contribution in [0.15, 0.2) is 18.5 Å². The molecule has 4 aliphatic carbocycles. The van der Waals surface area contributed by atoms with Gasteiger partial charge in [0.1, 0.15) is 5.65 Å². The Bertz CT molecular complexity index is 869. The van der Waals surface area contributed by atoms with Crippen molar-refractivity contribution < 1.29 is 9.53 Å². The lowest BCUT2D eigenvalue weighted by atomic mass is 9.52. The molecule has 4 bridgehead atoms. The molecular weight excluding hydrogens is 340 g/mol. The zero-order valence-electron chi connectivity index (χ0n) is 16.0. The number of nitrogens with two attached hydrogens (primary N) is 1. The van der Waals surface area contributed by atoms with Gasteiger partial charge in [-0.2, -0.15) is 0 Å². The number of nitrogens with one attached hydrogen (secondary N) is 2. The van der Waals surface area contributed by atoms with Gasteiger partial charge in [-0.1, -0.05) is 0 Å². The maximum absolute atomic E-state index is 12.0. The van der Waals surface area contributed by atoms with Crippen LogP contribution in [0.2, 0.25) is 0 Å². The standard InChI is InChI=1S/C21H28N4O2/c1-11(2)27-21-7-12-5-13(8-21)17(14(6-12)9-21)25-18-15-3-4-23-20(15)24-10-16(18)19(22)26/h3-4,10-14,17H,5-9H2,1-2H3,(H2,22,26)(H2,23,24,25). The zero-order chi connectivity index (χ0) is 18.8. The van der Waals surface area contributed by atoms with Crippen LogP contribution in [0.4, 0.5) is 5.69 Å². The highest BCUT2D eigenvalue weighted by molar-refractivity contribution is 6.06. The number of amides is 1. The van der Waals surface area contributed by atoms with Crippen LogP contribution < -0.4 is 11.1 Å². The van der Waals surface area contributed by atoms with E-state index in [0.717, 1.165) is 35.5 Å². The summed E-state index contributed by atoms with van der Waals surface area (Å²) >= 11 is 0. The summed E-state index contributed by atoms with van der Waals surface area (Å²) < 4.78 is 6.45. The third-order valence-corrected chi connectivity index (χ3v) is 6.87. The summed E-state index contributed by atoms with van der Waals surface area (Å²) in [6.45, 7) is 4.29. The number of aromatic amines is 1. The first-order chi connectivity index (χ1) is 12.9. The lowest BCUT2D eigenvalue weighted by Crippen LogP contribution is -2.60. The molecule has 2 aromatic rings. The van der Waals surface area contributed by atoms with Gasteiger partial charge in [0, 0.05) is 23.8 Å². The Morgan fingerprint density at radius 1 is 1.33 bits per heavy atom. The van der Waals surface area contributed by atoms with Gasteiger partial charge in [0.2, 0.25) is 0 Å². The van der Waals surface area contributed by atoms with Crippen molar-refractivity contribution in [3.05, 3.63) is 24.0 Å². The van der Waals surface area contributed by atoms with E-state index in [0.29, 0.717) is 23.4 Å². The third-order valence-electron chi connectivity index (χ3n) is 6.87. The van der Waals surface area contributed by atoms with E-state index in [4.69, 9.17) is 10.5 Å². The molecule has 0 aromatic carbocycles. The predicted molar refractivity (Wildman–Crippen MR) is 105 cm³/mol. The van der Waals surface area contributed by atoms with Gasteiger partial charge in [0.25, 0.3) is 5.91 Å². The lowest BCUT2D eigenvalue weighted by Gasteiger charge is -2.60. The number of rotatable bonds is 5. The third kappa shape index (κ3) is 2.73. The van der Waals surface area contributed by atoms with Crippen molar-refractivity contribution in [2.75, 3.05) is 5.32 Å². The van der Waals surface area contributed by atoms with E-state index in [9.17, 15) is 4.79 Å². The molecule has 0 radical (unpaired) electrons. The molecule has 6 nitrogen and oxygen atoms in total. The maximum Gasteiger partial charge on any atom is 0.252 e. The molecular formula is C21H28N4O2. The normalized spacial score (nSPS) is 34.5. The first kappa shape index (κ1) is 17.0. The second-order valence-corrected chi connectivity index (χ2v) is 9.14. The van der Waals surface area contributed by atoms with E-state index in [-0.39, 0.29) is 11.7 Å². The number of carbonyl (C=O) groups excluding carboxylic acids is 1. The average Bonchev–Trinajstić information content (AvgIpc) is 3.05. The molecule has 4 saturated carbocycles. The van der Waals surface area contributed by atoms with Crippen molar-refractivity contribution >= 4 is 22.6 Å². The molecule has 2 aromatic heterocycles. The second-order valence-electron chi connectivity index (χ2n) is 9.14. The number of anilines is 1. The molecule has 2 heterocycles. The van der Waals surface area contributed by atoms with Crippen LogP contribution in [0.25, 0.3) is 11.0 Å². The lowest BCUT2D eigenvalue weighted by molar-refractivity contribution is -0.183. The number of aromatic nitrogens is 2. The molecule has 144 valence electrons. The predicted octanol–water partition coefficient (Wildman–Crippen LogP) is 3.45. The fourth-order valence-electron chi connectivity index (χ4n) is 6.35. The monoisotopic (exact) mass is 368 g/mol. The minimum Gasteiger partial charge on any atom is -0.380 e. The van der Waals surface area contributed by atoms with E-state index in [1.807, 2.05) is 12.3 Å². The molecule has 0 saturated heterocycles. The Labute approximate surface area is 159 Å². The van der Waals surface area contributed by atoms with E-state index >= 15 is 0 Å². The fourth-order valence-corrected chi connectivity index (χ4v) is 6.35. The van der Waals surface area contributed by atoms with E-state index < -0.39 is 5.91 Å². The largest absolute Gasteiger partial charge is 0.380 e. The number of nitrogens with zero attached hydrogens (tertiary/aromatic N) is 1. The van der Waals surface area contributed by atoms with Crippen LogP contribution in [-0.2, 0) is 4.74 Å². The number of hydrogen-bond acceptors (Lipinski definition) is 4. The number of hydrogen-bond donors (Lipinski definition) is 3. The SMILES string of the molecule is CC(C)OC12CC3CC(C1)C(Nc1c(C(N)=O)cnc4[nH]ccc14)C(C3)C2. The van der Waals surface area contributed by atoms with Crippen molar-refractivity contribution in [1.82, 2.24) is 9.97 Å². The van der Waals surface area contributed by atoms with Crippen molar-refractivity contribution in [3.8, 4) is 0 Å². The summed E-state index contributed by atoms with van der Waals surface area (Å²) in [5.41, 5.74) is 7.81. The van der Waals surface area contributed by atoms with Gasteiger partial charge in [0.05, 0.1) is 23.0 Å². The van der Waals surface area contributed by atoms with Crippen molar-refractivity contribution in [1.29, 1.82) is 0 Å². The average molecular weight is 368 g/mol. The van der Waals surface area contributed by atoms with Crippen LogP contribution in [-0.4, -0.2) is 33.6 Å². The van der Waals surface area contributed by atoms with Gasteiger partial charge >= 0.3 is 0 Å². The summed E-state index contributed by atoms with van der Waals surface area (Å²) in [5.74, 6) is 1.51. The van der Waals surface area contributed by atoms with E-state index in [2.05, 4.69) is 29.1 Å². The summed E-state index contributed by atoms with van der Waals surface area (Å²) in [4.78, 5) is 19.5. The molecule has 4 N–H and O–H groups in total. The number of fused-ring (bicyclic) bond motifs is 1. The summed E-state index contributed by atoms with van der Waals surface area (Å²) in [6, 6.07) is 2.33. The number of carbonyl (C=O) groups is 1. The van der Waals surface area contributed by atoms with Gasteiger partial charge in [0.15, 0.2) is 0 Å². The molecule has 1 amide bonds. The van der Waals surface area contributed by atoms with Gasteiger partial charge in [-0.3, -0.25) is 4.79 Å². The Kier molecular flexibility index (Phi) is 3.76. The number of H-pyrrole nitrogens is 1. The topological polar surface area (TPSA) is 93.0 Å². The molecule has 4 aliphatic rings. The van der Waals surface area contributed by atoms with Gasteiger partial charge < -0.3 is 20.8 Å². The molecule has 6 rings (SSSR count). The number of pyridine rings is 1. The van der Waals surface area contributed by atoms with Gasteiger partial charge in [-0.25, -0.2) is 4.98 Å². The summed E-state index contributed by atoms with van der Waals surface area (Å²) in [6.07, 6.45) is 9.67. The van der Waals surface area contributed by atoms with Crippen LogP contribution >= 0.6 is 0 Å². The minimum atomic E-state index is -0.434. The van der Waals surface area contributed by atoms with Gasteiger partial charge in [-0.05, 0) is 69.8 Å². The summed E-state index contributed by atoms with van der Waals surface area (Å²) in [7, 11) is 0. The molecule has 2 atom stereocenters. The highest BCUT2D eigenvalue weighted by atomic mass is 16.5. The Balaban J connectivity index is 1.48. The Morgan fingerprint density at radius 3 is 2.74 bits per heavy atom. The zero-order valence-corrected chi connectivity index (χ0v) is 16.0. The maximum atomic E-state index is 12.0. The molecule has 4 fully saturated rings. The first-order valence-electron chi connectivity index (χ1n) is 10.1. The molecule has 0 spiro atoms. The highest BCUT2D eigenvalue weighted by Crippen LogP contribution is 2.58. The number of ether oxygens (including phenoxy) is 1. The molecule has 6 heteroatoms. The van der Waals surface area contributed by atoms with Crippen LogP contribution in [0.1, 0.15) is 56.3 Å². The minimum absolute atomic E-state index is 0.0665. The van der Waals surface area contributed by atoms with E-state index in [1.165, 1.54) is 19.3 Å². The van der Waals surface area contributed by atoms with Crippen LogP contribution in [0, 0.1) is 17.8 Å². The molecule has 2 unspecified atom stereocenters. The fraction of sp³-hybridized carbons (Fsp3) is 0.619. The number of primary amides is 1. The Hall–Kier alpha value is -2.08. The second kappa shape index (κ2) is 5.96. The highest BCUT2D eigenvalue weighted by Gasteiger charge is 2.56. The first-order valence-corrected chi connectivity index (χ1v) is 10.1. The van der Waals surface area contributed by atoms with Gasteiger partial charge in [-0.15, -0.1) is 0 Å². The van der Waals surface area contributed by atoms with Crippen LogP contribution in [0.5, 0.6) is 0 Å². The smallest absolute Gasteiger partial charge is 0.252 e. The van der Waals surface area contributed by atoms with E-state index in [1.54, 1.807) is 6.20 Å². The van der Waals surface area contributed by atoms with Crippen molar-refractivity contribution in [2.45, 2.75) is 63.7 Å². The molecule has 27 heavy (non-hydrogen) atoms. The van der Waals surface area contributed by atoms with Crippen molar-refractivity contribution in [3.63, 3.8) is 0 Å². The van der Waals surface area contributed by atoms with Crippen molar-refractivity contribution in [2.24, 2.45) is 23.5 Å². The quantitative estimate of drug-likeness (QED) is 0.753. The summed E-state index contributed by atoms with van der Waals surface area (Å²) in [5, 5.41) is 4.70.